The molecule has 1 unspecified atom stereocenters. The highest BCUT2D eigenvalue weighted by Gasteiger charge is 2.13. The highest BCUT2D eigenvalue weighted by molar-refractivity contribution is 5.69. The van der Waals surface area contributed by atoms with Crippen LogP contribution in [0.2, 0.25) is 0 Å². The van der Waals surface area contributed by atoms with Crippen LogP contribution in [0.25, 0.3) is 0 Å². The molecule has 0 fully saturated rings. The van der Waals surface area contributed by atoms with Gasteiger partial charge in [0.05, 0.1) is 13.2 Å². The van der Waals surface area contributed by atoms with Crippen LogP contribution in [0, 0.1) is 0 Å². The monoisotopic (exact) mass is 603 g/mol. The first kappa shape index (κ1) is 41.4. The van der Waals surface area contributed by atoms with E-state index in [1.807, 2.05) is 0 Å². The van der Waals surface area contributed by atoms with E-state index in [1.165, 1.54) is 96.3 Å². The van der Waals surface area contributed by atoms with Gasteiger partial charge in [0.2, 0.25) is 0 Å². The first-order valence-corrected chi connectivity index (χ1v) is 18.2. The topological polar surface area (TPSA) is 55.8 Å². The van der Waals surface area contributed by atoms with Gasteiger partial charge in [-0.05, 0) is 70.6 Å². The fourth-order valence-corrected chi connectivity index (χ4v) is 4.92. The van der Waals surface area contributed by atoms with E-state index >= 15 is 0 Å². The third-order valence-electron chi connectivity index (χ3n) is 7.64. The molecule has 43 heavy (non-hydrogen) atoms. The maximum Gasteiger partial charge on any atom is 0.306 e. The number of carbonyl (C=O) groups excluding carboxylic acids is 1. The summed E-state index contributed by atoms with van der Waals surface area (Å²) < 4.78 is 11.1. The molecule has 0 amide bonds. The van der Waals surface area contributed by atoms with E-state index in [0.29, 0.717) is 13.0 Å². The van der Waals surface area contributed by atoms with Gasteiger partial charge in [-0.2, -0.15) is 0 Å². The third kappa shape index (κ3) is 34.7. The number of carbonyl (C=O) groups is 1. The van der Waals surface area contributed by atoms with Crippen LogP contribution in [0.5, 0.6) is 0 Å². The van der Waals surface area contributed by atoms with Gasteiger partial charge in [-0.25, -0.2) is 0 Å². The highest BCUT2D eigenvalue weighted by Crippen LogP contribution is 2.12. The van der Waals surface area contributed by atoms with Gasteiger partial charge in [0.1, 0.15) is 6.10 Å². The van der Waals surface area contributed by atoms with Gasteiger partial charge >= 0.3 is 5.97 Å². The summed E-state index contributed by atoms with van der Waals surface area (Å²) in [5, 5.41) is 9.55. The summed E-state index contributed by atoms with van der Waals surface area (Å²) in [6, 6.07) is 0. The van der Waals surface area contributed by atoms with Gasteiger partial charge < -0.3 is 14.6 Å². The molecule has 0 spiro atoms. The molecule has 0 rings (SSSR count). The zero-order chi connectivity index (χ0) is 31.3. The smallest absolute Gasteiger partial charge is 0.306 e. The number of hydrogen-bond donors (Lipinski definition) is 1. The lowest BCUT2D eigenvalue weighted by atomic mass is 10.1. The Balaban J connectivity index is 3.49. The molecular weight excluding hydrogens is 532 g/mol. The average Bonchev–Trinajstić information content (AvgIpc) is 3.01. The normalized spacial score (nSPS) is 12.9. The molecule has 0 radical (unpaired) electrons. The molecule has 0 heterocycles. The molecule has 0 aromatic heterocycles. The Bertz CT molecular complexity index is 679. The minimum Gasteiger partial charge on any atom is -0.457 e. The van der Waals surface area contributed by atoms with Crippen molar-refractivity contribution in [2.45, 2.75) is 174 Å². The maximum absolute atomic E-state index is 12.1. The number of ether oxygens (including phenoxy) is 2. The summed E-state index contributed by atoms with van der Waals surface area (Å²) in [5.74, 6) is -0.215. The Morgan fingerprint density at radius 1 is 0.581 bits per heavy atom. The SMILES string of the molecule is CC/C=C\C/C=C\C/C=C\CCCCCCOCC(CO)OC(=O)CCCCCCCCC/C=C\CCCCCCCC. The van der Waals surface area contributed by atoms with Crippen molar-refractivity contribution in [2.75, 3.05) is 19.8 Å². The average molecular weight is 603 g/mol. The second-order valence-electron chi connectivity index (χ2n) is 11.9. The molecule has 0 bridgehead atoms. The van der Waals surface area contributed by atoms with Gasteiger partial charge in [0.15, 0.2) is 0 Å². The van der Waals surface area contributed by atoms with Gasteiger partial charge in [-0.1, -0.05) is 140 Å². The summed E-state index contributed by atoms with van der Waals surface area (Å²) in [6.07, 6.45) is 45.8. The van der Waals surface area contributed by atoms with E-state index in [4.69, 9.17) is 9.47 Å². The summed E-state index contributed by atoms with van der Waals surface area (Å²) in [7, 11) is 0. The summed E-state index contributed by atoms with van der Waals surface area (Å²) >= 11 is 0. The van der Waals surface area contributed by atoms with Gasteiger partial charge in [-0.3, -0.25) is 4.79 Å². The standard InChI is InChI=1S/C39H70O4/c1-3-5-7-9-11-13-15-17-19-20-21-22-24-26-28-30-32-34-39(41)43-38(36-40)37-42-35-33-31-29-27-25-23-18-16-14-12-10-8-6-4-2/h6,8,12,14,17-19,23,38,40H,3-5,7,9-11,13,15-16,20-22,24-37H2,1-2H3/b8-6-,14-12-,19-17-,23-18-. The number of aliphatic hydroxyl groups is 1. The van der Waals surface area contributed by atoms with E-state index < -0.39 is 6.10 Å². The number of aliphatic hydroxyl groups excluding tert-OH is 1. The minimum atomic E-state index is -0.547. The molecule has 0 aromatic carbocycles. The molecule has 0 aliphatic carbocycles. The predicted molar refractivity (Wildman–Crippen MR) is 187 cm³/mol. The Kier molecular flexibility index (Phi) is 35.1. The zero-order valence-corrected chi connectivity index (χ0v) is 28.5. The van der Waals surface area contributed by atoms with Crippen molar-refractivity contribution in [3.05, 3.63) is 48.6 Å². The van der Waals surface area contributed by atoms with Crippen molar-refractivity contribution < 1.29 is 19.4 Å². The molecule has 250 valence electrons. The first-order chi connectivity index (χ1) is 21.2. The Hall–Kier alpha value is -1.65. The molecule has 1 atom stereocenters. The Morgan fingerprint density at radius 2 is 1.05 bits per heavy atom. The molecule has 0 saturated heterocycles. The number of allylic oxidation sites excluding steroid dienone is 8. The van der Waals surface area contributed by atoms with E-state index in [0.717, 1.165) is 51.4 Å². The van der Waals surface area contributed by atoms with Crippen molar-refractivity contribution >= 4 is 5.97 Å². The number of hydrogen-bond acceptors (Lipinski definition) is 4. The van der Waals surface area contributed by atoms with Crippen LogP contribution in [0.15, 0.2) is 48.6 Å². The Morgan fingerprint density at radius 3 is 1.60 bits per heavy atom. The van der Waals surface area contributed by atoms with Crippen LogP contribution in [-0.2, 0) is 14.3 Å². The van der Waals surface area contributed by atoms with Crippen molar-refractivity contribution in [1.29, 1.82) is 0 Å². The summed E-state index contributed by atoms with van der Waals surface area (Å²) in [4.78, 5) is 12.1. The van der Waals surface area contributed by atoms with Crippen molar-refractivity contribution in [1.82, 2.24) is 0 Å². The van der Waals surface area contributed by atoms with Crippen LogP contribution in [0.3, 0.4) is 0 Å². The molecule has 1 N–H and O–H groups in total. The fourth-order valence-electron chi connectivity index (χ4n) is 4.92. The molecule has 0 aromatic rings. The molecule has 4 heteroatoms. The lowest BCUT2D eigenvalue weighted by Crippen LogP contribution is -2.27. The second-order valence-corrected chi connectivity index (χ2v) is 11.9. The van der Waals surface area contributed by atoms with Crippen molar-refractivity contribution in [3.63, 3.8) is 0 Å². The third-order valence-corrected chi connectivity index (χ3v) is 7.64. The van der Waals surface area contributed by atoms with Crippen LogP contribution in [-0.4, -0.2) is 37.0 Å². The van der Waals surface area contributed by atoms with Crippen LogP contribution < -0.4 is 0 Å². The largest absolute Gasteiger partial charge is 0.457 e. The molecule has 0 aliphatic heterocycles. The quantitative estimate of drug-likeness (QED) is 0.0461. The summed E-state index contributed by atoms with van der Waals surface area (Å²) in [5.41, 5.74) is 0. The predicted octanol–water partition coefficient (Wildman–Crippen LogP) is 11.5. The Labute approximate surface area is 267 Å². The lowest BCUT2D eigenvalue weighted by molar-refractivity contribution is -0.154. The van der Waals surface area contributed by atoms with Gasteiger partial charge in [0.25, 0.3) is 0 Å². The van der Waals surface area contributed by atoms with E-state index in [2.05, 4.69) is 62.5 Å². The molecule has 4 nitrogen and oxygen atoms in total. The van der Waals surface area contributed by atoms with Crippen LogP contribution in [0.1, 0.15) is 168 Å². The van der Waals surface area contributed by atoms with Crippen LogP contribution in [0.4, 0.5) is 0 Å². The number of unbranched alkanes of at least 4 members (excludes halogenated alkanes) is 17. The number of esters is 1. The van der Waals surface area contributed by atoms with Crippen LogP contribution >= 0.6 is 0 Å². The van der Waals surface area contributed by atoms with Crippen molar-refractivity contribution in [3.8, 4) is 0 Å². The molecule has 0 saturated carbocycles. The second kappa shape index (κ2) is 36.5. The lowest BCUT2D eigenvalue weighted by Gasteiger charge is -2.15. The fraction of sp³-hybridized carbons (Fsp3) is 0.769. The minimum absolute atomic E-state index is 0.184. The maximum atomic E-state index is 12.1. The molecule has 0 aliphatic rings. The van der Waals surface area contributed by atoms with Crippen molar-refractivity contribution in [2.24, 2.45) is 0 Å². The molecular formula is C39H70O4. The van der Waals surface area contributed by atoms with E-state index in [1.54, 1.807) is 0 Å². The summed E-state index contributed by atoms with van der Waals surface area (Å²) in [6.45, 7) is 5.17. The van der Waals surface area contributed by atoms with E-state index in [9.17, 15) is 9.90 Å². The van der Waals surface area contributed by atoms with Gasteiger partial charge in [0, 0.05) is 13.0 Å². The number of rotatable bonds is 33. The van der Waals surface area contributed by atoms with E-state index in [-0.39, 0.29) is 19.2 Å². The zero-order valence-electron chi connectivity index (χ0n) is 28.5. The highest BCUT2D eigenvalue weighted by atomic mass is 16.6. The first-order valence-electron chi connectivity index (χ1n) is 18.2. The van der Waals surface area contributed by atoms with Gasteiger partial charge in [-0.15, -0.1) is 0 Å².